The van der Waals surface area contributed by atoms with Crippen LogP contribution in [0.5, 0.6) is 11.5 Å². The summed E-state index contributed by atoms with van der Waals surface area (Å²) in [6, 6.07) is 14.3. The summed E-state index contributed by atoms with van der Waals surface area (Å²) in [5.74, 6) is 0.0361. The summed E-state index contributed by atoms with van der Waals surface area (Å²) in [6.45, 7) is 3.06. The first-order chi connectivity index (χ1) is 16.1. The van der Waals surface area contributed by atoms with Crippen molar-refractivity contribution in [3.63, 3.8) is 0 Å². The van der Waals surface area contributed by atoms with Crippen molar-refractivity contribution in [2.75, 3.05) is 30.4 Å². The lowest BCUT2D eigenvalue weighted by Gasteiger charge is -2.25. The molecule has 0 atom stereocenters. The topological polar surface area (TPSA) is 84.9 Å². The number of carbonyl (C=O) groups is 1. The van der Waals surface area contributed by atoms with Gasteiger partial charge in [-0.05, 0) is 67.4 Å². The van der Waals surface area contributed by atoms with E-state index in [0.29, 0.717) is 21.5 Å². The van der Waals surface area contributed by atoms with Gasteiger partial charge in [0.15, 0.2) is 0 Å². The highest BCUT2D eigenvalue weighted by molar-refractivity contribution is 7.93. The Morgan fingerprint density at radius 3 is 2.21 bits per heavy atom. The Hall–Kier alpha value is -2.94. The second kappa shape index (κ2) is 10.5. The van der Waals surface area contributed by atoms with Crippen molar-refractivity contribution in [3.8, 4) is 11.5 Å². The molecule has 0 unspecified atom stereocenters. The number of hydrogen-bond donors (Lipinski definition) is 1. The van der Waals surface area contributed by atoms with Crippen LogP contribution in [0.2, 0.25) is 10.0 Å². The third-order valence-corrected chi connectivity index (χ3v) is 7.55. The molecule has 0 saturated carbocycles. The van der Waals surface area contributed by atoms with Crippen LogP contribution in [0.4, 0.5) is 11.4 Å². The first kappa shape index (κ1) is 25.7. The van der Waals surface area contributed by atoms with E-state index < -0.39 is 22.5 Å². The van der Waals surface area contributed by atoms with Crippen LogP contribution < -0.4 is 19.1 Å². The normalized spacial score (nSPS) is 11.1. The Labute approximate surface area is 209 Å². The van der Waals surface area contributed by atoms with Gasteiger partial charge in [-0.3, -0.25) is 9.10 Å². The molecule has 0 fully saturated rings. The van der Waals surface area contributed by atoms with Gasteiger partial charge < -0.3 is 14.8 Å². The van der Waals surface area contributed by atoms with Crippen LogP contribution in [0.3, 0.4) is 0 Å². The molecule has 1 N–H and O–H groups in total. The zero-order valence-corrected chi connectivity index (χ0v) is 21.4. The summed E-state index contributed by atoms with van der Waals surface area (Å²) in [5, 5.41) is 3.35. The zero-order valence-electron chi connectivity index (χ0n) is 19.1. The molecule has 0 bridgehead atoms. The predicted molar refractivity (Wildman–Crippen MR) is 135 cm³/mol. The third kappa shape index (κ3) is 5.58. The lowest BCUT2D eigenvalue weighted by molar-refractivity contribution is -0.114. The van der Waals surface area contributed by atoms with Gasteiger partial charge in [-0.1, -0.05) is 35.3 Å². The number of benzene rings is 3. The molecule has 34 heavy (non-hydrogen) atoms. The first-order valence-corrected chi connectivity index (χ1v) is 12.3. The van der Waals surface area contributed by atoms with Crippen LogP contribution in [0, 0.1) is 13.8 Å². The van der Waals surface area contributed by atoms with E-state index in [9.17, 15) is 13.2 Å². The molecule has 0 aliphatic rings. The maximum absolute atomic E-state index is 13.8. The number of anilines is 2. The fourth-order valence-electron chi connectivity index (χ4n) is 3.23. The maximum Gasteiger partial charge on any atom is 0.268 e. The molecule has 3 rings (SSSR count). The molecule has 3 aromatic rings. The molecule has 0 heterocycles. The number of nitrogens with zero attached hydrogens (tertiary/aromatic N) is 1. The van der Waals surface area contributed by atoms with E-state index in [4.69, 9.17) is 32.7 Å². The van der Waals surface area contributed by atoms with E-state index in [2.05, 4.69) is 5.32 Å². The molecule has 3 aromatic carbocycles. The number of aryl methyl sites for hydroxylation is 2. The van der Waals surface area contributed by atoms with Crippen molar-refractivity contribution in [2.45, 2.75) is 18.7 Å². The first-order valence-electron chi connectivity index (χ1n) is 10.1. The van der Waals surface area contributed by atoms with Crippen molar-refractivity contribution >= 4 is 50.5 Å². The molecule has 0 saturated heterocycles. The van der Waals surface area contributed by atoms with E-state index in [1.54, 1.807) is 50.2 Å². The van der Waals surface area contributed by atoms with Crippen LogP contribution in [0.1, 0.15) is 11.1 Å². The van der Waals surface area contributed by atoms with E-state index >= 15 is 0 Å². The fourth-order valence-corrected chi connectivity index (χ4v) is 5.32. The Morgan fingerprint density at radius 2 is 1.59 bits per heavy atom. The van der Waals surface area contributed by atoms with Gasteiger partial charge in [-0.25, -0.2) is 8.42 Å². The van der Waals surface area contributed by atoms with Crippen LogP contribution in [0.25, 0.3) is 0 Å². The molecular weight excluding hydrogens is 499 g/mol. The molecule has 0 aromatic heterocycles. The number of amides is 1. The summed E-state index contributed by atoms with van der Waals surface area (Å²) < 4.78 is 38.9. The molecule has 1 amide bonds. The smallest absolute Gasteiger partial charge is 0.268 e. The Balaban J connectivity index is 2.02. The standard InChI is InChI=1S/C24H24Cl2N2O5S/c1-15-5-9-22(33-4)23(11-15)34(30,31)28(18-8-6-16(2)19(25)13-18)14-24(29)27-17-7-10-21(32-3)20(26)12-17/h5-13H,14H2,1-4H3,(H,27,29). The summed E-state index contributed by atoms with van der Waals surface area (Å²) in [4.78, 5) is 12.9. The maximum atomic E-state index is 13.8. The van der Waals surface area contributed by atoms with Gasteiger partial charge in [0.2, 0.25) is 5.91 Å². The quantitative estimate of drug-likeness (QED) is 0.424. The number of nitrogens with one attached hydrogen (secondary N) is 1. The minimum absolute atomic E-state index is 0.0630. The Morgan fingerprint density at radius 1 is 0.912 bits per heavy atom. The van der Waals surface area contributed by atoms with Gasteiger partial charge in [0.1, 0.15) is 22.9 Å². The van der Waals surface area contributed by atoms with Crippen LogP contribution in [-0.4, -0.2) is 35.1 Å². The average Bonchev–Trinajstić information content (AvgIpc) is 2.79. The third-order valence-electron chi connectivity index (χ3n) is 5.05. The Bertz CT molecular complexity index is 1330. The van der Waals surface area contributed by atoms with Gasteiger partial charge in [-0.15, -0.1) is 0 Å². The van der Waals surface area contributed by atoms with Gasteiger partial charge in [-0.2, -0.15) is 0 Å². The number of rotatable bonds is 8. The van der Waals surface area contributed by atoms with Gasteiger partial charge >= 0.3 is 0 Å². The summed E-state index contributed by atoms with van der Waals surface area (Å²) in [7, 11) is -1.35. The van der Waals surface area contributed by atoms with E-state index in [0.717, 1.165) is 15.4 Å². The second-order valence-electron chi connectivity index (χ2n) is 7.50. The molecular formula is C24H24Cl2N2O5S. The van der Waals surface area contributed by atoms with Crippen molar-refractivity contribution in [1.29, 1.82) is 0 Å². The zero-order chi connectivity index (χ0) is 25.0. The molecule has 0 radical (unpaired) electrons. The predicted octanol–water partition coefficient (Wildman–Crippen LogP) is 5.46. The molecule has 0 spiro atoms. The van der Waals surface area contributed by atoms with Crippen LogP contribution >= 0.6 is 23.2 Å². The van der Waals surface area contributed by atoms with Crippen molar-refractivity contribution < 1.29 is 22.7 Å². The van der Waals surface area contributed by atoms with E-state index in [1.165, 1.54) is 32.4 Å². The molecule has 180 valence electrons. The van der Waals surface area contributed by atoms with Gasteiger partial charge in [0.05, 0.1) is 24.9 Å². The average molecular weight is 523 g/mol. The van der Waals surface area contributed by atoms with Gasteiger partial charge in [0.25, 0.3) is 10.0 Å². The number of sulfonamides is 1. The molecule has 10 heteroatoms. The fraction of sp³-hybridized carbons (Fsp3) is 0.208. The molecule has 0 aliphatic heterocycles. The number of hydrogen-bond acceptors (Lipinski definition) is 5. The van der Waals surface area contributed by atoms with Gasteiger partial charge in [0, 0.05) is 10.7 Å². The number of halogens is 2. The SMILES string of the molecule is COc1ccc(NC(=O)CN(c2ccc(C)c(Cl)c2)S(=O)(=O)c2cc(C)ccc2OC)cc1Cl. The number of methoxy groups -OCH3 is 2. The van der Waals surface area contributed by atoms with Crippen molar-refractivity contribution in [2.24, 2.45) is 0 Å². The van der Waals surface area contributed by atoms with Crippen molar-refractivity contribution in [1.82, 2.24) is 0 Å². The second-order valence-corrected chi connectivity index (χ2v) is 10.1. The minimum atomic E-state index is -4.21. The van der Waals surface area contributed by atoms with E-state index in [1.807, 2.05) is 0 Å². The minimum Gasteiger partial charge on any atom is -0.495 e. The van der Waals surface area contributed by atoms with Crippen LogP contribution in [-0.2, 0) is 14.8 Å². The molecule has 0 aliphatic carbocycles. The lowest BCUT2D eigenvalue weighted by atomic mass is 10.2. The lowest BCUT2D eigenvalue weighted by Crippen LogP contribution is -2.38. The molecule has 7 nitrogen and oxygen atoms in total. The highest BCUT2D eigenvalue weighted by Crippen LogP contribution is 2.33. The highest BCUT2D eigenvalue weighted by Gasteiger charge is 2.30. The summed E-state index contributed by atoms with van der Waals surface area (Å²) in [5.41, 5.74) is 2.12. The summed E-state index contributed by atoms with van der Waals surface area (Å²) in [6.07, 6.45) is 0. The Kier molecular flexibility index (Phi) is 7.97. The largest absolute Gasteiger partial charge is 0.495 e. The van der Waals surface area contributed by atoms with Crippen LogP contribution in [0.15, 0.2) is 59.5 Å². The monoisotopic (exact) mass is 522 g/mol. The highest BCUT2D eigenvalue weighted by atomic mass is 35.5. The van der Waals surface area contributed by atoms with Crippen molar-refractivity contribution in [3.05, 3.63) is 75.8 Å². The number of ether oxygens (including phenoxy) is 2. The summed E-state index contributed by atoms with van der Waals surface area (Å²) >= 11 is 12.4. The number of carbonyl (C=O) groups excluding carboxylic acids is 1. The van der Waals surface area contributed by atoms with E-state index in [-0.39, 0.29) is 16.3 Å².